The van der Waals surface area contributed by atoms with E-state index in [1.807, 2.05) is 42.5 Å². The second-order valence-electron chi connectivity index (χ2n) is 4.36. The van der Waals surface area contributed by atoms with Crippen molar-refractivity contribution in [2.45, 2.75) is 19.5 Å². The van der Waals surface area contributed by atoms with Gasteiger partial charge in [-0.25, -0.2) is 0 Å². The van der Waals surface area contributed by atoms with Gasteiger partial charge >= 0.3 is 0 Å². The molecule has 2 aromatic rings. The van der Waals surface area contributed by atoms with Crippen molar-refractivity contribution in [2.75, 3.05) is 0 Å². The van der Waals surface area contributed by atoms with Crippen molar-refractivity contribution in [3.63, 3.8) is 0 Å². The van der Waals surface area contributed by atoms with Gasteiger partial charge in [-0.1, -0.05) is 57.3 Å². The molecule has 0 saturated heterocycles. The standard InChI is InChI=1S/C15H14BrCl2N/c1-10(13-4-2-3-5-15(13)18)19-9-11-8-12(17)6-7-14(11)16/h2-8,10,19H,9H2,1H3. The molecule has 0 amide bonds. The Balaban J connectivity index is 2.06. The Morgan fingerprint density at radius 2 is 1.89 bits per heavy atom. The van der Waals surface area contributed by atoms with E-state index >= 15 is 0 Å². The van der Waals surface area contributed by atoms with Gasteiger partial charge in [0, 0.05) is 27.1 Å². The van der Waals surface area contributed by atoms with Crippen molar-refractivity contribution in [3.05, 3.63) is 68.1 Å². The first kappa shape index (κ1) is 14.9. The maximum Gasteiger partial charge on any atom is 0.0453 e. The summed E-state index contributed by atoms with van der Waals surface area (Å²) in [7, 11) is 0. The summed E-state index contributed by atoms with van der Waals surface area (Å²) in [6.07, 6.45) is 0. The lowest BCUT2D eigenvalue weighted by molar-refractivity contribution is 0.574. The van der Waals surface area contributed by atoms with Crippen LogP contribution >= 0.6 is 39.1 Å². The van der Waals surface area contributed by atoms with Gasteiger partial charge in [-0.05, 0) is 42.3 Å². The average molecular weight is 359 g/mol. The lowest BCUT2D eigenvalue weighted by atomic mass is 10.1. The highest BCUT2D eigenvalue weighted by molar-refractivity contribution is 9.10. The first-order chi connectivity index (χ1) is 9.08. The van der Waals surface area contributed by atoms with Gasteiger partial charge in [0.25, 0.3) is 0 Å². The largest absolute Gasteiger partial charge is 0.306 e. The highest BCUT2D eigenvalue weighted by Gasteiger charge is 2.09. The van der Waals surface area contributed by atoms with Crippen molar-refractivity contribution < 1.29 is 0 Å². The Morgan fingerprint density at radius 3 is 2.63 bits per heavy atom. The number of benzene rings is 2. The van der Waals surface area contributed by atoms with Crippen LogP contribution in [0.4, 0.5) is 0 Å². The van der Waals surface area contributed by atoms with E-state index in [4.69, 9.17) is 23.2 Å². The van der Waals surface area contributed by atoms with Crippen LogP contribution in [0.2, 0.25) is 10.0 Å². The molecule has 100 valence electrons. The van der Waals surface area contributed by atoms with Gasteiger partial charge in [0.2, 0.25) is 0 Å². The zero-order valence-corrected chi connectivity index (χ0v) is 13.6. The lowest BCUT2D eigenvalue weighted by Crippen LogP contribution is -2.18. The Labute approximate surface area is 132 Å². The molecule has 2 rings (SSSR count). The van der Waals surface area contributed by atoms with Crippen molar-refractivity contribution >= 4 is 39.1 Å². The summed E-state index contributed by atoms with van der Waals surface area (Å²) in [6, 6.07) is 13.8. The van der Waals surface area contributed by atoms with E-state index in [2.05, 4.69) is 28.2 Å². The van der Waals surface area contributed by atoms with Gasteiger partial charge in [0.15, 0.2) is 0 Å². The SMILES string of the molecule is CC(NCc1cc(Cl)ccc1Br)c1ccccc1Cl. The van der Waals surface area contributed by atoms with Gasteiger partial charge in [-0.2, -0.15) is 0 Å². The minimum Gasteiger partial charge on any atom is -0.306 e. The number of hydrogen-bond acceptors (Lipinski definition) is 1. The van der Waals surface area contributed by atoms with Crippen LogP contribution in [-0.4, -0.2) is 0 Å². The van der Waals surface area contributed by atoms with Crippen molar-refractivity contribution in [3.8, 4) is 0 Å². The third-order valence-corrected chi connectivity index (χ3v) is 4.33. The van der Waals surface area contributed by atoms with E-state index in [0.29, 0.717) is 0 Å². The molecule has 0 bridgehead atoms. The second kappa shape index (κ2) is 6.76. The molecule has 1 nitrogen and oxygen atoms in total. The van der Waals surface area contributed by atoms with Crippen LogP contribution in [0.3, 0.4) is 0 Å². The molecule has 4 heteroatoms. The summed E-state index contributed by atoms with van der Waals surface area (Å²) in [5.41, 5.74) is 2.23. The molecule has 0 saturated carbocycles. The highest BCUT2D eigenvalue weighted by atomic mass is 79.9. The van der Waals surface area contributed by atoms with Gasteiger partial charge in [-0.3, -0.25) is 0 Å². The Morgan fingerprint density at radius 1 is 1.16 bits per heavy atom. The molecule has 0 aromatic heterocycles. The summed E-state index contributed by atoms with van der Waals surface area (Å²) in [4.78, 5) is 0. The quantitative estimate of drug-likeness (QED) is 0.749. The summed E-state index contributed by atoms with van der Waals surface area (Å²) >= 11 is 15.7. The number of hydrogen-bond donors (Lipinski definition) is 1. The predicted octanol–water partition coefficient (Wildman–Crippen LogP) is 5.61. The summed E-state index contributed by atoms with van der Waals surface area (Å²) in [5, 5.41) is 4.98. The number of halogens is 3. The van der Waals surface area contributed by atoms with Gasteiger partial charge in [-0.15, -0.1) is 0 Å². The van der Waals surface area contributed by atoms with Crippen molar-refractivity contribution in [2.24, 2.45) is 0 Å². The number of nitrogens with one attached hydrogen (secondary N) is 1. The van der Waals surface area contributed by atoms with Crippen LogP contribution < -0.4 is 5.32 Å². The normalized spacial score (nSPS) is 12.4. The molecule has 0 aliphatic rings. The molecule has 1 unspecified atom stereocenters. The van der Waals surface area contributed by atoms with Crippen LogP contribution in [0, 0.1) is 0 Å². The maximum absolute atomic E-state index is 6.19. The third kappa shape index (κ3) is 3.96. The highest BCUT2D eigenvalue weighted by Crippen LogP contribution is 2.24. The van der Waals surface area contributed by atoms with Crippen LogP contribution in [0.15, 0.2) is 46.9 Å². The molecule has 0 spiro atoms. The van der Waals surface area contributed by atoms with Crippen LogP contribution in [0.25, 0.3) is 0 Å². The summed E-state index contributed by atoms with van der Waals surface area (Å²) < 4.78 is 1.05. The molecule has 0 aliphatic heterocycles. The van der Waals surface area contributed by atoms with E-state index in [9.17, 15) is 0 Å². The molecule has 0 fully saturated rings. The fourth-order valence-corrected chi connectivity index (χ4v) is 2.76. The molecule has 1 atom stereocenters. The molecule has 1 N–H and O–H groups in total. The van der Waals surface area contributed by atoms with E-state index in [1.54, 1.807) is 0 Å². The van der Waals surface area contributed by atoms with E-state index < -0.39 is 0 Å². The predicted molar refractivity (Wildman–Crippen MR) is 85.9 cm³/mol. The van der Waals surface area contributed by atoms with Crippen LogP contribution in [-0.2, 0) is 6.54 Å². The Bertz CT molecular complexity index is 572. The fourth-order valence-electron chi connectivity index (χ4n) is 1.88. The van der Waals surface area contributed by atoms with Crippen molar-refractivity contribution in [1.82, 2.24) is 5.32 Å². The number of rotatable bonds is 4. The summed E-state index contributed by atoms with van der Waals surface area (Å²) in [5.74, 6) is 0. The van der Waals surface area contributed by atoms with Gasteiger partial charge < -0.3 is 5.32 Å². The zero-order chi connectivity index (χ0) is 13.8. The molecule has 0 radical (unpaired) electrons. The van der Waals surface area contributed by atoms with Crippen LogP contribution in [0.5, 0.6) is 0 Å². The van der Waals surface area contributed by atoms with E-state index in [-0.39, 0.29) is 6.04 Å². The average Bonchev–Trinajstić information content (AvgIpc) is 2.40. The smallest absolute Gasteiger partial charge is 0.0453 e. The topological polar surface area (TPSA) is 12.0 Å². The zero-order valence-electron chi connectivity index (χ0n) is 10.5. The first-order valence-corrected chi connectivity index (χ1v) is 7.54. The van der Waals surface area contributed by atoms with Gasteiger partial charge in [0.1, 0.15) is 0 Å². The van der Waals surface area contributed by atoms with E-state index in [1.165, 1.54) is 0 Å². The minimum absolute atomic E-state index is 0.180. The molecular weight excluding hydrogens is 345 g/mol. The van der Waals surface area contributed by atoms with Gasteiger partial charge in [0.05, 0.1) is 0 Å². The fraction of sp³-hybridized carbons (Fsp3) is 0.200. The molecule has 2 aromatic carbocycles. The molecule has 0 heterocycles. The van der Waals surface area contributed by atoms with Crippen LogP contribution in [0.1, 0.15) is 24.1 Å². The van der Waals surface area contributed by atoms with Crippen molar-refractivity contribution in [1.29, 1.82) is 0 Å². The second-order valence-corrected chi connectivity index (χ2v) is 6.06. The summed E-state index contributed by atoms with van der Waals surface area (Å²) in [6.45, 7) is 2.83. The third-order valence-electron chi connectivity index (χ3n) is 2.98. The lowest BCUT2D eigenvalue weighted by Gasteiger charge is -2.16. The monoisotopic (exact) mass is 357 g/mol. The maximum atomic E-state index is 6.19. The molecular formula is C15H14BrCl2N. The first-order valence-electron chi connectivity index (χ1n) is 5.99. The molecule has 19 heavy (non-hydrogen) atoms. The van der Waals surface area contributed by atoms with E-state index in [0.717, 1.165) is 32.2 Å². The molecule has 0 aliphatic carbocycles. The minimum atomic E-state index is 0.180. The Kier molecular flexibility index (Phi) is 5.28. The Hall–Kier alpha value is -0.540.